The topological polar surface area (TPSA) is 81.3 Å². The maximum absolute atomic E-state index is 12.4. The van der Waals surface area contributed by atoms with Gasteiger partial charge in [-0.2, -0.15) is 5.26 Å². The lowest BCUT2D eigenvalue weighted by Crippen LogP contribution is -2.15. The molecule has 3 rings (SSSR count). The standard InChI is InChI=1S/C26H24N2O4/c1-4-31-24-12-10-23(11-13-24)28-18(2)14-21(19(28)3)15-22(16-27)26(30)32-17-25(29)20-8-6-5-7-9-20/h5-15H,4,17H2,1-3H3/b22-15+. The molecule has 0 saturated heterocycles. The Kier molecular flexibility index (Phi) is 7.25. The van der Waals surface area contributed by atoms with Crippen molar-refractivity contribution in [3.8, 4) is 17.5 Å². The van der Waals surface area contributed by atoms with Crippen molar-refractivity contribution in [1.82, 2.24) is 4.57 Å². The van der Waals surface area contributed by atoms with Crippen LogP contribution in [0.1, 0.15) is 34.2 Å². The van der Waals surface area contributed by atoms with Gasteiger partial charge in [-0.3, -0.25) is 4.79 Å². The van der Waals surface area contributed by atoms with Gasteiger partial charge in [0.05, 0.1) is 6.61 Å². The summed E-state index contributed by atoms with van der Waals surface area (Å²) in [5.41, 5.74) is 3.76. The van der Waals surface area contributed by atoms with Crippen LogP contribution in [0.15, 0.2) is 66.2 Å². The predicted octanol–water partition coefficient (Wildman–Crippen LogP) is 4.83. The first-order valence-corrected chi connectivity index (χ1v) is 10.2. The average Bonchev–Trinajstić information content (AvgIpc) is 3.09. The number of hydrogen-bond donors (Lipinski definition) is 0. The molecule has 0 aliphatic rings. The summed E-state index contributed by atoms with van der Waals surface area (Å²) < 4.78 is 12.6. The van der Waals surface area contributed by atoms with Gasteiger partial charge in [-0.1, -0.05) is 30.3 Å². The number of Topliss-reactive ketones (excluding diaryl/α,β-unsaturated/α-hetero) is 1. The van der Waals surface area contributed by atoms with E-state index in [0.29, 0.717) is 12.2 Å². The van der Waals surface area contributed by atoms with Crippen molar-refractivity contribution in [2.24, 2.45) is 0 Å². The van der Waals surface area contributed by atoms with Gasteiger partial charge in [0.1, 0.15) is 17.4 Å². The van der Waals surface area contributed by atoms with Crippen LogP contribution in [0.4, 0.5) is 0 Å². The van der Waals surface area contributed by atoms with Crippen molar-refractivity contribution in [3.63, 3.8) is 0 Å². The molecule has 0 aliphatic carbocycles. The number of ketones is 1. The Balaban J connectivity index is 1.78. The zero-order chi connectivity index (χ0) is 23.1. The number of carbonyl (C=O) groups is 2. The summed E-state index contributed by atoms with van der Waals surface area (Å²) in [6.07, 6.45) is 1.49. The maximum Gasteiger partial charge on any atom is 0.349 e. The molecule has 32 heavy (non-hydrogen) atoms. The normalized spacial score (nSPS) is 11.0. The van der Waals surface area contributed by atoms with Gasteiger partial charge in [-0.15, -0.1) is 0 Å². The highest BCUT2D eigenvalue weighted by Crippen LogP contribution is 2.24. The van der Waals surface area contributed by atoms with Crippen molar-refractivity contribution in [1.29, 1.82) is 5.26 Å². The van der Waals surface area contributed by atoms with Crippen LogP contribution in [0.2, 0.25) is 0 Å². The summed E-state index contributed by atoms with van der Waals surface area (Å²) in [7, 11) is 0. The maximum atomic E-state index is 12.4. The molecule has 0 amide bonds. The fourth-order valence-electron chi connectivity index (χ4n) is 3.40. The summed E-state index contributed by atoms with van der Waals surface area (Å²) in [5, 5.41) is 9.48. The van der Waals surface area contributed by atoms with E-state index in [9.17, 15) is 14.9 Å². The number of nitriles is 1. The lowest BCUT2D eigenvalue weighted by Gasteiger charge is -2.11. The number of nitrogens with zero attached hydrogens (tertiary/aromatic N) is 2. The second kappa shape index (κ2) is 10.3. The third-order valence-electron chi connectivity index (χ3n) is 4.95. The Bertz CT molecular complexity index is 1180. The first kappa shape index (κ1) is 22.6. The SMILES string of the molecule is CCOc1ccc(-n2c(C)cc(/C=C(\C#N)C(=O)OCC(=O)c3ccccc3)c2C)cc1. The molecule has 0 saturated carbocycles. The summed E-state index contributed by atoms with van der Waals surface area (Å²) in [5.74, 6) is -0.369. The van der Waals surface area contributed by atoms with Crippen molar-refractivity contribution < 1.29 is 19.1 Å². The van der Waals surface area contributed by atoms with Gasteiger partial charge in [0, 0.05) is 22.6 Å². The van der Waals surface area contributed by atoms with Gasteiger partial charge in [0.2, 0.25) is 0 Å². The molecule has 0 spiro atoms. The molecule has 2 aromatic carbocycles. The van der Waals surface area contributed by atoms with Crippen LogP contribution in [-0.4, -0.2) is 29.5 Å². The van der Waals surface area contributed by atoms with Crippen LogP contribution < -0.4 is 4.74 Å². The number of ether oxygens (including phenoxy) is 2. The monoisotopic (exact) mass is 428 g/mol. The minimum atomic E-state index is -0.831. The molecule has 3 aromatic rings. The van der Waals surface area contributed by atoms with Crippen LogP contribution in [0.3, 0.4) is 0 Å². The number of benzene rings is 2. The van der Waals surface area contributed by atoms with Crippen molar-refractivity contribution in [2.45, 2.75) is 20.8 Å². The van der Waals surface area contributed by atoms with E-state index in [1.54, 1.807) is 30.3 Å². The molecule has 0 atom stereocenters. The van der Waals surface area contributed by atoms with Gasteiger partial charge < -0.3 is 14.0 Å². The minimum Gasteiger partial charge on any atom is -0.494 e. The predicted molar refractivity (Wildman–Crippen MR) is 122 cm³/mol. The Hall–Kier alpha value is -4.11. The highest BCUT2D eigenvalue weighted by Gasteiger charge is 2.16. The third kappa shape index (κ3) is 5.13. The fraction of sp³-hybridized carbons (Fsp3) is 0.192. The number of aromatic nitrogens is 1. The van der Waals surface area contributed by atoms with Gasteiger partial charge in [-0.25, -0.2) is 4.79 Å². The largest absolute Gasteiger partial charge is 0.494 e. The van der Waals surface area contributed by atoms with Crippen LogP contribution >= 0.6 is 0 Å². The molecule has 0 bridgehead atoms. The van der Waals surface area contributed by atoms with Crippen LogP contribution in [0.25, 0.3) is 11.8 Å². The Labute approximate surface area is 187 Å². The van der Waals surface area contributed by atoms with E-state index >= 15 is 0 Å². The second-order valence-corrected chi connectivity index (χ2v) is 7.12. The Morgan fingerprint density at radius 1 is 1.06 bits per heavy atom. The minimum absolute atomic E-state index is 0.169. The van der Waals surface area contributed by atoms with Crippen LogP contribution in [0.5, 0.6) is 5.75 Å². The summed E-state index contributed by atoms with van der Waals surface area (Å²) in [4.78, 5) is 24.6. The van der Waals surface area contributed by atoms with E-state index in [-0.39, 0.29) is 11.4 Å². The lowest BCUT2D eigenvalue weighted by molar-refractivity contribution is -0.137. The number of esters is 1. The van der Waals surface area contributed by atoms with Gasteiger partial charge in [0.25, 0.3) is 0 Å². The fourth-order valence-corrected chi connectivity index (χ4v) is 3.40. The molecule has 0 radical (unpaired) electrons. The highest BCUT2D eigenvalue weighted by molar-refractivity contribution is 6.02. The molecule has 0 fully saturated rings. The van der Waals surface area contributed by atoms with E-state index in [0.717, 1.165) is 28.4 Å². The zero-order valence-electron chi connectivity index (χ0n) is 18.3. The molecule has 1 aromatic heterocycles. The molecule has 0 unspecified atom stereocenters. The quantitative estimate of drug-likeness (QED) is 0.222. The molecule has 1 heterocycles. The second-order valence-electron chi connectivity index (χ2n) is 7.12. The smallest absolute Gasteiger partial charge is 0.349 e. The van der Waals surface area contributed by atoms with Gasteiger partial charge in [-0.05, 0) is 62.7 Å². The van der Waals surface area contributed by atoms with E-state index in [1.165, 1.54) is 6.08 Å². The molecule has 162 valence electrons. The first-order valence-electron chi connectivity index (χ1n) is 10.2. The number of carbonyl (C=O) groups excluding carboxylic acids is 2. The molecule has 0 N–H and O–H groups in total. The Morgan fingerprint density at radius 3 is 2.38 bits per heavy atom. The van der Waals surface area contributed by atoms with Crippen molar-refractivity contribution >= 4 is 17.8 Å². The number of rotatable bonds is 8. The van der Waals surface area contributed by atoms with Crippen LogP contribution in [-0.2, 0) is 9.53 Å². The molecule has 6 nitrogen and oxygen atoms in total. The zero-order valence-corrected chi connectivity index (χ0v) is 18.3. The van der Waals surface area contributed by atoms with Crippen molar-refractivity contribution in [3.05, 3.63) is 88.8 Å². The highest BCUT2D eigenvalue weighted by atomic mass is 16.5. The van der Waals surface area contributed by atoms with Gasteiger partial charge >= 0.3 is 5.97 Å². The average molecular weight is 428 g/mol. The molecule has 0 aliphatic heterocycles. The van der Waals surface area contributed by atoms with Gasteiger partial charge in [0.15, 0.2) is 12.4 Å². The van der Waals surface area contributed by atoms with E-state index in [1.807, 2.05) is 61.7 Å². The molecular formula is C26H24N2O4. The van der Waals surface area contributed by atoms with E-state index in [2.05, 4.69) is 0 Å². The molecule has 6 heteroatoms. The lowest BCUT2D eigenvalue weighted by atomic mass is 10.1. The summed E-state index contributed by atoms with van der Waals surface area (Å²) in [6, 6.07) is 20.0. The van der Waals surface area contributed by atoms with E-state index < -0.39 is 12.6 Å². The molecular weight excluding hydrogens is 404 g/mol. The van der Waals surface area contributed by atoms with Crippen molar-refractivity contribution in [2.75, 3.05) is 13.2 Å². The first-order chi connectivity index (χ1) is 15.4. The number of aryl methyl sites for hydroxylation is 1. The Morgan fingerprint density at radius 2 is 1.75 bits per heavy atom. The van der Waals surface area contributed by atoms with Crippen LogP contribution in [0, 0.1) is 25.2 Å². The summed E-state index contributed by atoms with van der Waals surface area (Å²) in [6.45, 7) is 5.97. The number of hydrogen-bond acceptors (Lipinski definition) is 5. The summed E-state index contributed by atoms with van der Waals surface area (Å²) >= 11 is 0. The van der Waals surface area contributed by atoms with E-state index in [4.69, 9.17) is 9.47 Å². The third-order valence-corrected chi connectivity index (χ3v) is 4.95.